The highest BCUT2D eigenvalue weighted by Crippen LogP contribution is 2.41. The fraction of sp³-hybridized carbons (Fsp3) is 0.0909. The van der Waals surface area contributed by atoms with Gasteiger partial charge >= 0.3 is 0 Å². The Balaban J connectivity index is 1.97. The zero-order valence-corrected chi connectivity index (χ0v) is 14.2. The molecule has 25 heavy (non-hydrogen) atoms. The van der Waals surface area contributed by atoms with Gasteiger partial charge in [0.2, 0.25) is 0 Å². The van der Waals surface area contributed by atoms with Crippen LogP contribution < -0.4 is 14.8 Å². The summed E-state index contributed by atoms with van der Waals surface area (Å²) in [5.74, 6) is 1.60. The lowest BCUT2D eigenvalue weighted by Gasteiger charge is -2.18. The summed E-state index contributed by atoms with van der Waals surface area (Å²) in [7, 11) is 3.38. The van der Waals surface area contributed by atoms with Crippen molar-refractivity contribution < 1.29 is 9.47 Å². The van der Waals surface area contributed by atoms with Gasteiger partial charge in [-0.1, -0.05) is 60.7 Å². The number of hydrogen-bond acceptors (Lipinski definition) is 3. The number of hydrogen-bond donors (Lipinski definition) is 1. The molecule has 0 heterocycles. The van der Waals surface area contributed by atoms with Crippen LogP contribution >= 0.6 is 0 Å². The molecular formula is C22H19NO2. The number of benzene rings is 4. The monoisotopic (exact) mass is 329 g/mol. The molecule has 0 atom stereocenters. The smallest absolute Gasteiger partial charge is 0.142 e. The Bertz CT molecular complexity index is 971. The molecule has 0 unspecified atom stereocenters. The second-order valence-electron chi connectivity index (χ2n) is 5.85. The summed E-state index contributed by atoms with van der Waals surface area (Å²) in [5.41, 5.74) is 1.88. The fourth-order valence-electron chi connectivity index (χ4n) is 3.23. The molecule has 0 spiro atoms. The van der Waals surface area contributed by atoms with Gasteiger partial charge < -0.3 is 14.8 Å². The number of anilines is 2. The predicted molar refractivity (Wildman–Crippen MR) is 104 cm³/mol. The number of ether oxygens (including phenoxy) is 2. The largest absolute Gasteiger partial charge is 0.495 e. The van der Waals surface area contributed by atoms with E-state index in [-0.39, 0.29) is 0 Å². The average molecular weight is 329 g/mol. The van der Waals surface area contributed by atoms with Gasteiger partial charge in [0.25, 0.3) is 0 Å². The van der Waals surface area contributed by atoms with E-state index >= 15 is 0 Å². The van der Waals surface area contributed by atoms with Gasteiger partial charge in [-0.05, 0) is 22.9 Å². The Kier molecular flexibility index (Phi) is 3.90. The van der Waals surface area contributed by atoms with Crippen molar-refractivity contribution in [2.75, 3.05) is 19.5 Å². The maximum Gasteiger partial charge on any atom is 0.142 e. The van der Waals surface area contributed by atoms with E-state index in [2.05, 4.69) is 41.7 Å². The molecule has 4 aromatic carbocycles. The van der Waals surface area contributed by atoms with Gasteiger partial charge in [0.05, 0.1) is 25.6 Å². The third-order valence-corrected chi connectivity index (χ3v) is 4.47. The minimum Gasteiger partial charge on any atom is -0.495 e. The number of fused-ring (bicyclic) bond motifs is 2. The van der Waals surface area contributed by atoms with Crippen LogP contribution in [0.2, 0.25) is 0 Å². The molecule has 0 aliphatic rings. The van der Waals surface area contributed by atoms with Gasteiger partial charge in [0, 0.05) is 10.8 Å². The van der Waals surface area contributed by atoms with Crippen molar-refractivity contribution in [2.45, 2.75) is 0 Å². The molecule has 0 aromatic heterocycles. The molecule has 3 heteroatoms. The summed E-state index contributed by atoms with van der Waals surface area (Å²) in [6.07, 6.45) is 0. The number of methoxy groups -OCH3 is 2. The Labute approximate surface area is 146 Å². The Morgan fingerprint density at radius 2 is 1.00 bits per heavy atom. The normalized spacial score (nSPS) is 10.8. The highest BCUT2D eigenvalue weighted by molar-refractivity contribution is 6.04. The third-order valence-electron chi connectivity index (χ3n) is 4.47. The first-order valence-electron chi connectivity index (χ1n) is 8.20. The lowest BCUT2D eigenvalue weighted by atomic mass is 10.1. The van der Waals surface area contributed by atoms with Crippen molar-refractivity contribution in [3.05, 3.63) is 72.8 Å². The van der Waals surface area contributed by atoms with Crippen molar-refractivity contribution in [1.82, 2.24) is 0 Å². The number of rotatable bonds is 4. The van der Waals surface area contributed by atoms with Gasteiger partial charge in [-0.2, -0.15) is 0 Å². The summed E-state index contributed by atoms with van der Waals surface area (Å²) in [6.45, 7) is 0. The van der Waals surface area contributed by atoms with Crippen molar-refractivity contribution in [1.29, 1.82) is 0 Å². The Morgan fingerprint density at radius 1 is 0.560 bits per heavy atom. The molecule has 0 aliphatic carbocycles. The van der Waals surface area contributed by atoms with Crippen molar-refractivity contribution in [2.24, 2.45) is 0 Å². The van der Waals surface area contributed by atoms with Crippen LogP contribution in [0.15, 0.2) is 72.8 Å². The molecule has 0 bridgehead atoms. The summed E-state index contributed by atoms with van der Waals surface area (Å²) in [4.78, 5) is 0. The van der Waals surface area contributed by atoms with Gasteiger partial charge in [0.15, 0.2) is 0 Å². The fourth-order valence-corrected chi connectivity index (χ4v) is 3.23. The molecule has 0 amide bonds. The van der Waals surface area contributed by atoms with Crippen molar-refractivity contribution in [3.8, 4) is 11.5 Å². The molecule has 3 nitrogen and oxygen atoms in total. The zero-order valence-electron chi connectivity index (χ0n) is 14.2. The zero-order chi connectivity index (χ0) is 17.2. The quantitative estimate of drug-likeness (QED) is 0.517. The highest BCUT2D eigenvalue weighted by atomic mass is 16.5. The molecule has 0 saturated heterocycles. The molecule has 4 aromatic rings. The van der Waals surface area contributed by atoms with Crippen LogP contribution in [-0.2, 0) is 0 Å². The van der Waals surface area contributed by atoms with Crippen LogP contribution in [0, 0.1) is 0 Å². The van der Waals surface area contributed by atoms with E-state index in [0.717, 1.165) is 44.4 Å². The van der Waals surface area contributed by atoms with Crippen molar-refractivity contribution in [3.63, 3.8) is 0 Å². The third kappa shape index (κ3) is 2.64. The van der Waals surface area contributed by atoms with Crippen LogP contribution in [0.4, 0.5) is 11.4 Å². The highest BCUT2D eigenvalue weighted by Gasteiger charge is 2.13. The molecule has 124 valence electrons. The summed E-state index contributed by atoms with van der Waals surface area (Å²) in [5, 5.41) is 8.11. The first-order valence-corrected chi connectivity index (χ1v) is 8.20. The summed E-state index contributed by atoms with van der Waals surface area (Å²) in [6, 6.07) is 24.6. The van der Waals surface area contributed by atoms with Gasteiger partial charge in [-0.3, -0.25) is 0 Å². The van der Waals surface area contributed by atoms with E-state index in [4.69, 9.17) is 9.47 Å². The molecular weight excluding hydrogens is 310 g/mol. The van der Waals surface area contributed by atoms with Crippen LogP contribution in [0.5, 0.6) is 11.5 Å². The first-order chi connectivity index (χ1) is 12.3. The first kappa shape index (κ1) is 15.3. The summed E-state index contributed by atoms with van der Waals surface area (Å²) < 4.78 is 11.2. The standard InChI is InChI=1S/C22H19NO2/c1-24-19-13-11-15-7-3-5-9-17(15)21(19)23-22-18-10-6-4-8-16(18)12-14-20(22)25-2/h3-14,23H,1-2H3. The SMILES string of the molecule is COc1ccc2ccccc2c1Nc1c(OC)ccc2ccccc12. The van der Waals surface area contributed by atoms with Crippen LogP contribution in [0.1, 0.15) is 0 Å². The molecule has 0 radical (unpaired) electrons. The summed E-state index contributed by atoms with van der Waals surface area (Å²) >= 11 is 0. The topological polar surface area (TPSA) is 30.5 Å². The van der Waals surface area contributed by atoms with E-state index in [1.54, 1.807) is 14.2 Å². The van der Waals surface area contributed by atoms with Gasteiger partial charge in [-0.25, -0.2) is 0 Å². The molecule has 1 N–H and O–H groups in total. The van der Waals surface area contributed by atoms with Crippen molar-refractivity contribution >= 4 is 32.9 Å². The minimum atomic E-state index is 0.800. The van der Waals surface area contributed by atoms with E-state index in [0.29, 0.717) is 0 Å². The maximum absolute atomic E-state index is 5.61. The van der Waals surface area contributed by atoms with E-state index < -0.39 is 0 Å². The van der Waals surface area contributed by atoms with Gasteiger partial charge in [0.1, 0.15) is 11.5 Å². The molecule has 4 rings (SSSR count). The second kappa shape index (κ2) is 6.36. The van der Waals surface area contributed by atoms with E-state index in [1.807, 2.05) is 36.4 Å². The van der Waals surface area contributed by atoms with E-state index in [9.17, 15) is 0 Å². The lowest BCUT2D eigenvalue weighted by Crippen LogP contribution is -1.99. The second-order valence-corrected chi connectivity index (χ2v) is 5.85. The molecule has 0 fully saturated rings. The molecule has 0 saturated carbocycles. The lowest BCUT2D eigenvalue weighted by molar-refractivity contribution is 0.415. The average Bonchev–Trinajstić information content (AvgIpc) is 2.68. The Hall–Kier alpha value is -3.20. The molecule has 0 aliphatic heterocycles. The minimum absolute atomic E-state index is 0.800. The maximum atomic E-state index is 5.61. The predicted octanol–water partition coefficient (Wildman–Crippen LogP) is 5.75. The van der Waals surface area contributed by atoms with Crippen LogP contribution in [0.25, 0.3) is 21.5 Å². The number of nitrogens with one attached hydrogen (secondary N) is 1. The van der Waals surface area contributed by atoms with Crippen LogP contribution in [-0.4, -0.2) is 14.2 Å². The van der Waals surface area contributed by atoms with Gasteiger partial charge in [-0.15, -0.1) is 0 Å². The van der Waals surface area contributed by atoms with Crippen LogP contribution in [0.3, 0.4) is 0 Å². The van der Waals surface area contributed by atoms with E-state index in [1.165, 1.54) is 0 Å². The Morgan fingerprint density at radius 3 is 1.44 bits per heavy atom.